The third kappa shape index (κ3) is 9.56. The lowest BCUT2D eigenvalue weighted by atomic mass is 10.1. The molecule has 0 aromatic heterocycles. The molecule has 1 fully saturated rings. The van der Waals surface area contributed by atoms with Gasteiger partial charge in [0.05, 0.1) is 11.5 Å². The number of unbranched alkanes of at least 4 members (excludes halogenated alkanes) is 5. The van der Waals surface area contributed by atoms with Gasteiger partial charge in [0.15, 0.2) is 4.90 Å². The summed E-state index contributed by atoms with van der Waals surface area (Å²) in [6.45, 7) is 5.40. The lowest BCUT2D eigenvalue weighted by Gasteiger charge is -2.19. The number of hydrogen-bond acceptors (Lipinski definition) is 10. The Bertz CT molecular complexity index is 1320. The average Bonchev–Trinajstić information content (AvgIpc) is 3.60. The number of carbonyl (C=O) groups is 2. The minimum absolute atomic E-state index is 0.0405. The molecule has 1 aromatic carbocycles. The molecule has 0 spiro atoms. The number of para-hydroxylation sites is 1. The standard InChI is InChI=1S/C25H39N5O9S2/c1-4-19-18-25(19,26)24(32)28-41(37,38)29(3)17-13-9-7-6-8-10-14-20(23(31)39-5-2)27-40(35,36)22-16-12-11-15-21(22)30(33)34/h4,11-12,15-16,19-20,27H,1,5-10,13-14,17-18,26H2,2-3H3,(H,28,32)/t19-,20+,25-/m1/s1. The Morgan fingerprint density at radius 2 is 1.80 bits per heavy atom. The summed E-state index contributed by atoms with van der Waals surface area (Å²) in [4.78, 5) is 34.5. The molecule has 0 aliphatic heterocycles. The molecule has 14 nitrogen and oxygen atoms in total. The molecule has 41 heavy (non-hydrogen) atoms. The van der Waals surface area contributed by atoms with Gasteiger partial charge in [-0.1, -0.05) is 50.3 Å². The maximum Gasteiger partial charge on any atom is 0.324 e. The first kappa shape index (κ1) is 34.3. The van der Waals surface area contributed by atoms with E-state index in [9.17, 15) is 36.5 Å². The molecular formula is C25H39N5O9S2. The Labute approximate surface area is 241 Å². The van der Waals surface area contributed by atoms with Gasteiger partial charge in [0, 0.05) is 25.6 Å². The molecule has 0 unspecified atom stereocenters. The number of ether oxygens (including phenoxy) is 1. The van der Waals surface area contributed by atoms with Crippen LogP contribution in [0.3, 0.4) is 0 Å². The summed E-state index contributed by atoms with van der Waals surface area (Å²) in [5, 5.41) is 11.3. The van der Waals surface area contributed by atoms with E-state index in [1.54, 1.807) is 6.92 Å². The maximum absolute atomic E-state index is 12.8. The molecule has 0 radical (unpaired) electrons. The normalized spacial score (nSPS) is 19.4. The number of benzene rings is 1. The monoisotopic (exact) mass is 617 g/mol. The van der Waals surface area contributed by atoms with E-state index in [4.69, 9.17) is 10.5 Å². The van der Waals surface area contributed by atoms with E-state index in [0.717, 1.165) is 29.3 Å². The van der Waals surface area contributed by atoms with Gasteiger partial charge in [-0.15, -0.1) is 6.58 Å². The van der Waals surface area contributed by atoms with Crippen LogP contribution in [0.2, 0.25) is 0 Å². The van der Waals surface area contributed by atoms with Gasteiger partial charge in [-0.3, -0.25) is 19.7 Å². The Kier molecular flexibility index (Phi) is 12.4. The predicted octanol–water partition coefficient (Wildman–Crippen LogP) is 1.73. The minimum atomic E-state index is -4.37. The van der Waals surface area contributed by atoms with Crippen LogP contribution in [0, 0.1) is 16.0 Å². The number of nitrogens with zero attached hydrogens (tertiary/aromatic N) is 2. The Balaban J connectivity index is 1.77. The number of nitrogens with one attached hydrogen (secondary N) is 2. The van der Waals surface area contributed by atoms with Gasteiger partial charge >= 0.3 is 16.2 Å². The van der Waals surface area contributed by atoms with Crippen LogP contribution in [0.4, 0.5) is 5.69 Å². The molecule has 1 aromatic rings. The number of nitro benzene ring substituents is 1. The van der Waals surface area contributed by atoms with E-state index < -0.39 is 59.2 Å². The molecule has 0 saturated heterocycles. The van der Waals surface area contributed by atoms with Crippen LogP contribution in [-0.4, -0.2) is 69.7 Å². The molecule has 1 aliphatic carbocycles. The molecule has 1 amide bonds. The Morgan fingerprint density at radius 3 is 2.39 bits per heavy atom. The van der Waals surface area contributed by atoms with E-state index in [1.165, 1.54) is 25.3 Å². The number of rotatable bonds is 19. The first-order chi connectivity index (χ1) is 19.2. The molecule has 0 heterocycles. The molecule has 230 valence electrons. The number of hydrogen-bond donors (Lipinski definition) is 3. The second kappa shape index (κ2) is 14.8. The highest BCUT2D eigenvalue weighted by molar-refractivity contribution is 7.89. The molecule has 1 aliphatic rings. The van der Waals surface area contributed by atoms with E-state index in [2.05, 4.69) is 11.3 Å². The largest absolute Gasteiger partial charge is 0.465 e. The summed E-state index contributed by atoms with van der Waals surface area (Å²) in [5.41, 5.74) is 4.07. The van der Waals surface area contributed by atoms with Crippen LogP contribution in [0.25, 0.3) is 0 Å². The van der Waals surface area contributed by atoms with Gasteiger partial charge in [0.25, 0.3) is 11.6 Å². The number of nitro groups is 1. The molecular weight excluding hydrogens is 578 g/mol. The summed E-state index contributed by atoms with van der Waals surface area (Å²) >= 11 is 0. The van der Waals surface area contributed by atoms with Crippen molar-refractivity contribution in [3.05, 3.63) is 47.0 Å². The maximum atomic E-state index is 12.8. The van der Waals surface area contributed by atoms with Crippen LogP contribution >= 0.6 is 0 Å². The van der Waals surface area contributed by atoms with Crippen molar-refractivity contribution in [2.75, 3.05) is 20.2 Å². The van der Waals surface area contributed by atoms with Crippen LogP contribution < -0.4 is 15.2 Å². The van der Waals surface area contributed by atoms with Crippen molar-refractivity contribution in [3.8, 4) is 0 Å². The number of carbonyl (C=O) groups excluding carboxylic acids is 2. The fourth-order valence-electron chi connectivity index (χ4n) is 4.21. The van der Waals surface area contributed by atoms with Crippen molar-refractivity contribution in [2.45, 2.75) is 74.8 Å². The topological polar surface area (TPSA) is 208 Å². The summed E-state index contributed by atoms with van der Waals surface area (Å²) in [6.07, 6.45) is 5.93. The molecule has 4 N–H and O–H groups in total. The summed E-state index contributed by atoms with van der Waals surface area (Å²) < 4.78 is 60.8. The van der Waals surface area contributed by atoms with E-state index in [1.807, 2.05) is 4.72 Å². The van der Waals surface area contributed by atoms with Crippen molar-refractivity contribution in [1.29, 1.82) is 0 Å². The third-order valence-corrected chi connectivity index (χ3v) is 9.80. The fraction of sp³-hybridized carbons (Fsp3) is 0.600. The molecule has 0 bridgehead atoms. The lowest BCUT2D eigenvalue weighted by Crippen LogP contribution is -2.50. The lowest BCUT2D eigenvalue weighted by molar-refractivity contribution is -0.387. The summed E-state index contributed by atoms with van der Waals surface area (Å²) in [6, 6.07) is 3.65. The van der Waals surface area contributed by atoms with Gasteiger partial charge in [0.2, 0.25) is 10.0 Å². The van der Waals surface area contributed by atoms with Crippen LogP contribution in [0.1, 0.15) is 58.3 Å². The van der Waals surface area contributed by atoms with Crippen molar-refractivity contribution in [1.82, 2.24) is 13.7 Å². The van der Waals surface area contributed by atoms with Crippen LogP contribution in [-0.2, 0) is 34.6 Å². The quantitative estimate of drug-likeness (QED) is 0.0673. The smallest absolute Gasteiger partial charge is 0.324 e. The third-order valence-electron chi connectivity index (χ3n) is 6.83. The summed E-state index contributed by atoms with van der Waals surface area (Å²) in [5.74, 6) is -1.77. The van der Waals surface area contributed by atoms with Crippen LogP contribution in [0.5, 0.6) is 0 Å². The van der Waals surface area contributed by atoms with Crippen LogP contribution in [0.15, 0.2) is 41.8 Å². The zero-order valence-electron chi connectivity index (χ0n) is 23.3. The van der Waals surface area contributed by atoms with Crippen molar-refractivity contribution >= 4 is 37.8 Å². The number of sulfonamides is 1. The minimum Gasteiger partial charge on any atom is -0.465 e. The van der Waals surface area contributed by atoms with Gasteiger partial charge < -0.3 is 10.5 Å². The first-order valence-electron chi connectivity index (χ1n) is 13.3. The van der Waals surface area contributed by atoms with E-state index in [-0.39, 0.29) is 25.5 Å². The Morgan fingerprint density at radius 1 is 1.20 bits per heavy atom. The van der Waals surface area contributed by atoms with Gasteiger partial charge in [-0.05, 0) is 32.3 Å². The van der Waals surface area contributed by atoms with Gasteiger partial charge in [0.1, 0.15) is 11.6 Å². The zero-order chi connectivity index (χ0) is 30.8. The van der Waals surface area contributed by atoms with Crippen molar-refractivity contribution in [2.24, 2.45) is 11.7 Å². The van der Waals surface area contributed by atoms with Crippen molar-refractivity contribution in [3.63, 3.8) is 0 Å². The number of amides is 1. The Hall–Kier alpha value is -2.92. The fourth-order valence-corrected chi connectivity index (χ4v) is 6.55. The molecule has 3 atom stereocenters. The molecule has 1 saturated carbocycles. The van der Waals surface area contributed by atoms with Crippen molar-refractivity contribution < 1.29 is 36.1 Å². The van der Waals surface area contributed by atoms with Gasteiger partial charge in [-0.25, -0.2) is 13.1 Å². The zero-order valence-corrected chi connectivity index (χ0v) is 24.9. The van der Waals surface area contributed by atoms with E-state index >= 15 is 0 Å². The first-order valence-corrected chi connectivity index (χ1v) is 16.2. The predicted molar refractivity (Wildman–Crippen MR) is 151 cm³/mol. The van der Waals surface area contributed by atoms with E-state index in [0.29, 0.717) is 32.1 Å². The average molecular weight is 618 g/mol. The number of esters is 1. The summed E-state index contributed by atoms with van der Waals surface area (Å²) in [7, 11) is -7.02. The number of nitrogens with two attached hydrogens (primary N) is 1. The second-order valence-corrected chi connectivity index (χ2v) is 13.4. The second-order valence-electron chi connectivity index (χ2n) is 9.91. The van der Waals surface area contributed by atoms with Gasteiger partial charge in [-0.2, -0.15) is 17.4 Å². The highest BCUT2D eigenvalue weighted by atomic mass is 32.2. The SMILES string of the molecule is C=C[C@@H]1C[C@]1(N)C(=O)NS(=O)(=O)N(C)CCCCCCCC[C@H](NS(=O)(=O)c1ccccc1[N+](=O)[O-])C(=O)OCC. The highest BCUT2D eigenvalue weighted by Crippen LogP contribution is 2.42. The molecule has 16 heteroatoms. The molecule has 2 rings (SSSR count). The highest BCUT2D eigenvalue weighted by Gasteiger charge is 2.56.